The van der Waals surface area contributed by atoms with E-state index in [2.05, 4.69) is 6.58 Å². The van der Waals surface area contributed by atoms with Crippen LogP contribution in [0.4, 0.5) is 0 Å². The molecule has 0 spiro atoms. The first kappa shape index (κ1) is 10.7. The molecule has 0 aromatic heterocycles. The third-order valence-corrected chi connectivity index (χ3v) is 2.26. The first-order valence-corrected chi connectivity index (χ1v) is 4.52. The zero-order valence-electron chi connectivity index (χ0n) is 8.54. The maximum absolute atomic E-state index is 9.97. The molecule has 1 N–H and O–H groups in total. The van der Waals surface area contributed by atoms with Crippen LogP contribution >= 0.6 is 0 Å². The molecule has 1 aliphatic rings. The molecule has 0 saturated carbocycles. The van der Waals surface area contributed by atoms with E-state index in [1.54, 1.807) is 13.0 Å². The first-order valence-electron chi connectivity index (χ1n) is 4.52. The van der Waals surface area contributed by atoms with Gasteiger partial charge in [0.2, 0.25) is 0 Å². The van der Waals surface area contributed by atoms with Crippen LogP contribution in [0.25, 0.3) is 0 Å². The third-order valence-electron chi connectivity index (χ3n) is 2.26. The molecule has 2 unspecified atom stereocenters. The smallest absolute Gasteiger partial charge is 0.163 e. The van der Waals surface area contributed by atoms with Crippen LogP contribution in [-0.4, -0.2) is 29.2 Å². The highest BCUT2D eigenvalue weighted by molar-refractivity contribution is 4.92. The van der Waals surface area contributed by atoms with Gasteiger partial charge in [0.25, 0.3) is 0 Å². The van der Waals surface area contributed by atoms with Crippen LogP contribution in [0.5, 0.6) is 0 Å². The lowest BCUT2D eigenvalue weighted by Crippen LogP contribution is -2.41. The Balaban J connectivity index is 2.59. The molecule has 13 heavy (non-hydrogen) atoms. The van der Waals surface area contributed by atoms with Crippen LogP contribution in [0.3, 0.4) is 0 Å². The Morgan fingerprint density at radius 2 is 2.31 bits per heavy atom. The normalized spacial score (nSPS) is 31.2. The van der Waals surface area contributed by atoms with Gasteiger partial charge in [0.1, 0.15) is 6.10 Å². The van der Waals surface area contributed by atoms with E-state index in [4.69, 9.17) is 9.47 Å². The summed E-state index contributed by atoms with van der Waals surface area (Å²) < 4.78 is 10.9. The second kappa shape index (κ2) is 3.40. The second-order valence-electron chi connectivity index (χ2n) is 4.17. The number of aliphatic hydroxyl groups is 1. The zero-order chi connectivity index (χ0) is 10.1. The molecule has 3 nitrogen and oxygen atoms in total. The van der Waals surface area contributed by atoms with E-state index < -0.39 is 11.4 Å². The fraction of sp³-hybridized carbons (Fsp3) is 0.800. The van der Waals surface area contributed by atoms with Gasteiger partial charge < -0.3 is 14.6 Å². The molecule has 1 aliphatic heterocycles. The molecule has 1 saturated heterocycles. The molecule has 2 atom stereocenters. The van der Waals surface area contributed by atoms with Crippen molar-refractivity contribution in [2.45, 2.75) is 44.7 Å². The SMILES string of the molecule is C=CCC(C)(O)C1COC(C)(C)O1. The Morgan fingerprint density at radius 3 is 2.69 bits per heavy atom. The first-order chi connectivity index (χ1) is 5.87. The van der Waals surface area contributed by atoms with E-state index >= 15 is 0 Å². The van der Waals surface area contributed by atoms with Crippen molar-refractivity contribution in [3.8, 4) is 0 Å². The van der Waals surface area contributed by atoms with Crippen molar-refractivity contribution in [1.29, 1.82) is 0 Å². The Morgan fingerprint density at radius 1 is 1.69 bits per heavy atom. The van der Waals surface area contributed by atoms with Gasteiger partial charge in [-0.05, 0) is 27.2 Å². The van der Waals surface area contributed by atoms with Crippen molar-refractivity contribution in [2.75, 3.05) is 6.61 Å². The van der Waals surface area contributed by atoms with Gasteiger partial charge in [0.05, 0.1) is 12.2 Å². The quantitative estimate of drug-likeness (QED) is 0.678. The minimum Gasteiger partial charge on any atom is -0.387 e. The number of hydrogen-bond donors (Lipinski definition) is 1. The Bertz CT molecular complexity index is 196. The molecule has 0 radical (unpaired) electrons. The topological polar surface area (TPSA) is 38.7 Å². The summed E-state index contributed by atoms with van der Waals surface area (Å²) in [6.45, 7) is 9.46. The Hall–Kier alpha value is -0.380. The van der Waals surface area contributed by atoms with Gasteiger partial charge in [-0.2, -0.15) is 0 Å². The maximum atomic E-state index is 9.97. The summed E-state index contributed by atoms with van der Waals surface area (Å²) in [7, 11) is 0. The van der Waals surface area contributed by atoms with Crippen molar-refractivity contribution < 1.29 is 14.6 Å². The van der Waals surface area contributed by atoms with E-state index in [9.17, 15) is 5.11 Å². The van der Waals surface area contributed by atoms with E-state index in [1.165, 1.54) is 0 Å². The summed E-state index contributed by atoms with van der Waals surface area (Å²) >= 11 is 0. The molecule has 0 aromatic rings. The van der Waals surface area contributed by atoms with E-state index in [0.717, 1.165) is 0 Å². The van der Waals surface area contributed by atoms with Crippen LogP contribution < -0.4 is 0 Å². The van der Waals surface area contributed by atoms with Gasteiger partial charge in [-0.15, -0.1) is 6.58 Å². The minimum absolute atomic E-state index is 0.263. The van der Waals surface area contributed by atoms with Gasteiger partial charge in [0, 0.05) is 0 Å². The average Bonchev–Trinajstić information content (AvgIpc) is 2.30. The van der Waals surface area contributed by atoms with Crippen molar-refractivity contribution in [1.82, 2.24) is 0 Å². The molecular formula is C10H18O3. The van der Waals surface area contributed by atoms with E-state index in [1.807, 2.05) is 13.8 Å². The lowest BCUT2D eigenvalue weighted by atomic mass is 9.96. The summed E-state index contributed by atoms with van der Waals surface area (Å²) in [5, 5.41) is 9.97. The summed E-state index contributed by atoms with van der Waals surface area (Å²) in [6, 6.07) is 0. The third kappa shape index (κ3) is 2.53. The molecule has 0 aliphatic carbocycles. The van der Waals surface area contributed by atoms with Crippen LogP contribution in [-0.2, 0) is 9.47 Å². The molecule has 1 heterocycles. The molecule has 0 bridgehead atoms. The van der Waals surface area contributed by atoms with Crippen molar-refractivity contribution >= 4 is 0 Å². The lowest BCUT2D eigenvalue weighted by Gasteiger charge is -2.28. The van der Waals surface area contributed by atoms with Crippen LogP contribution in [0.1, 0.15) is 27.2 Å². The Labute approximate surface area is 79.3 Å². The average molecular weight is 186 g/mol. The largest absolute Gasteiger partial charge is 0.387 e. The fourth-order valence-corrected chi connectivity index (χ4v) is 1.42. The molecule has 1 rings (SSSR count). The predicted molar refractivity (Wildman–Crippen MR) is 50.3 cm³/mol. The van der Waals surface area contributed by atoms with Gasteiger partial charge in [-0.3, -0.25) is 0 Å². The number of hydrogen-bond acceptors (Lipinski definition) is 3. The van der Waals surface area contributed by atoms with Gasteiger partial charge in [0.15, 0.2) is 5.79 Å². The number of rotatable bonds is 3. The van der Waals surface area contributed by atoms with Gasteiger partial charge >= 0.3 is 0 Å². The summed E-state index contributed by atoms with van der Waals surface area (Å²) in [4.78, 5) is 0. The minimum atomic E-state index is -0.879. The Kier molecular flexibility index (Phi) is 2.80. The maximum Gasteiger partial charge on any atom is 0.163 e. The van der Waals surface area contributed by atoms with Crippen molar-refractivity contribution in [3.05, 3.63) is 12.7 Å². The molecular weight excluding hydrogens is 168 g/mol. The highest BCUT2D eigenvalue weighted by Crippen LogP contribution is 2.30. The van der Waals surface area contributed by atoms with Crippen LogP contribution in [0, 0.1) is 0 Å². The summed E-state index contributed by atoms with van der Waals surface area (Å²) in [5.41, 5.74) is -0.879. The highest BCUT2D eigenvalue weighted by Gasteiger charge is 2.42. The highest BCUT2D eigenvalue weighted by atomic mass is 16.7. The zero-order valence-corrected chi connectivity index (χ0v) is 8.54. The van der Waals surface area contributed by atoms with Crippen molar-refractivity contribution in [3.63, 3.8) is 0 Å². The molecule has 3 heteroatoms. The molecule has 0 amide bonds. The predicted octanol–water partition coefficient (Wildman–Crippen LogP) is 1.46. The van der Waals surface area contributed by atoms with E-state index in [-0.39, 0.29) is 6.10 Å². The van der Waals surface area contributed by atoms with Crippen LogP contribution in [0.2, 0.25) is 0 Å². The molecule has 76 valence electrons. The monoisotopic (exact) mass is 186 g/mol. The molecule has 0 aromatic carbocycles. The number of ether oxygens (including phenoxy) is 2. The van der Waals surface area contributed by atoms with Gasteiger partial charge in [-0.25, -0.2) is 0 Å². The van der Waals surface area contributed by atoms with Gasteiger partial charge in [-0.1, -0.05) is 6.08 Å². The van der Waals surface area contributed by atoms with Crippen LogP contribution in [0.15, 0.2) is 12.7 Å². The summed E-state index contributed by atoms with van der Waals surface area (Å²) in [6.07, 6.45) is 1.94. The lowest BCUT2D eigenvalue weighted by molar-refractivity contribution is -0.166. The standard InChI is InChI=1S/C10H18O3/c1-5-6-10(4,11)8-7-12-9(2,3)13-8/h5,8,11H,1,6-7H2,2-4H3. The molecule has 1 fully saturated rings. The van der Waals surface area contributed by atoms with E-state index in [0.29, 0.717) is 13.0 Å². The van der Waals surface area contributed by atoms with Crippen molar-refractivity contribution in [2.24, 2.45) is 0 Å². The second-order valence-corrected chi connectivity index (χ2v) is 4.17. The fourth-order valence-electron chi connectivity index (χ4n) is 1.42. The summed E-state index contributed by atoms with van der Waals surface area (Å²) in [5.74, 6) is -0.574.